The highest BCUT2D eigenvalue weighted by molar-refractivity contribution is 4.87. The summed E-state index contributed by atoms with van der Waals surface area (Å²) >= 11 is 0. The van der Waals surface area contributed by atoms with Crippen LogP contribution < -0.4 is 5.32 Å². The summed E-state index contributed by atoms with van der Waals surface area (Å²) in [5, 5.41) is 3.49. The Balaban J connectivity index is 1.91. The molecule has 1 N–H and O–H groups in total. The molecule has 2 rings (SSSR count). The zero-order valence-corrected chi connectivity index (χ0v) is 11.8. The van der Waals surface area contributed by atoms with Crippen molar-refractivity contribution in [3.05, 3.63) is 0 Å². The van der Waals surface area contributed by atoms with Crippen LogP contribution in [0.4, 0.5) is 0 Å². The second-order valence-electron chi connectivity index (χ2n) is 5.93. The van der Waals surface area contributed by atoms with Gasteiger partial charge < -0.3 is 5.32 Å². The van der Waals surface area contributed by atoms with Crippen molar-refractivity contribution in [1.29, 1.82) is 0 Å². The number of hydrogen-bond acceptors (Lipinski definition) is 2. The Morgan fingerprint density at radius 1 is 0.941 bits per heavy atom. The molecule has 0 bridgehead atoms. The maximum atomic E-state index is 3.49. The highest BCUT2D eigenvalue weighted by atomic mass is 15.2. The van der Waals surface area contributed by atoms with Crippen LogP contribution in [0.5, 0.6) is 0 Å². The molecule has 0 aromatic carbocycles. The standard InChI is InChI=1S/C15H30N2/c1-3-17(14-9-5-4-6-10-14)15-11-7-8-13(12-15)16-2/h13-16H,3-12H2,1-2H3. The second-order valence-corrected chi connectivity index (χ2v) is 5.93. The van der Waals surface area contributed by atoms with E-state index in [9.17, 15) is 0 Å². The molecule has 0 spiro atoms. The van der Waals surface area contributed by atoms with Crippen LogP contribution in [-0.4, -0.2) is 36.6 Å². The zero-order chi connectivity index (χ0) is 12.1. The second kappa shape index (κ2) is 6.75. The third-order valence-corrected chi connectivity index (χ3v) is 4.93. The Hall–Kier alpha value is -0.0800. The van der Waals surface area contributed by atoms with Crippen LogP contribution in [0.2, 0.25) is 0 Å². The maximum absolute atomic E-state index is 3.49. The summed E-state index contributed by atoms with van der Waals surface area (Å²) in [5.74, 6) is 0. The van der Waals surface area contributed by atoms with Crippen LogP contribution in [0.25, 0.3) is 0 Å². The molecule has 0 aromatic heterocycles. The SMILES string of the molecule is CCN(C1CCCCC1)C1CCCC(NC)C1. The van der Waals surface area contributed by atoms with Crippen LogP contribution in [0.15, 0.2) is 0 Å². The fourth-order valence-corrected chi connectivity index (χ4v) is 3.95. The van der Waals surface area contributed by atoms with Gasteiger partial charge in [0.05, 0.1) is 0 Å². The van der Waals surface area contributed by atoms with E-state index < -0.39 is 0 Å². The molecule has 0 saturated heterocycles. The molecular formula is C15H30N2. The van der Waals surface area contributed by atoms with E-state index in [1.54, 1.807) is 0 Å². The number of rotatable bonds is 4. The van der Waals surface area contributed by atoms with E-state index in [0.29, 0.717) is 0 Å². The van der Waals surface area contributed by atoms with Gasteiger partial charge in [-0.1, -0.05) is 32.6 Å². The van der Waals surface area contributed by atoms with E-state index in [4.69, 9.17) is 0 Å². The summed E-state index contributed by atoms with van der Waals surface area (Å²) in [6.07, 6.45) is 12.9. The molecule has 0 aromatic rings. The summed E-state index contributed by atoms with van der Waals surface area (Å²) in [4.78, 5) is 2.84. The van der Waals surface area contributed by atoms with E-state index in [1.165, 1.54) is 64.3 Å². The normalized spacial score (nSPS) is 31.9. The largest absolute Gasteiger partial charge is 0.317 e. The monoisotopic (exact) mass is 238 g/mol. The third kappa shape index (κ3) is 3.45. The lowest BCUT2D eigenvalue weighted by Gasteiger charge is -2.43. The first-order chi connectivity index (χ1) is 8.35. The summed E-state index contributed by atoms with van der Waals surface area (Å²) in [7, 11) is 2.13. The third-order valence-electron chi connectivity index (χ3n) is 4.93. The molecule has 0 heterocycles. The van der Waals surface area contributed by atoms with Crippen molar-refractivity contribution in [1.82, 2.24) is 10.2 Å². The Morgan fingerprint density at radius 2 is 1.65 bits per heavy atom. The van der Waals surface area contributed by atoms with Gasteiger partial charge in [0.1, 0.15) is 0 Å². The van der Waals surface area contributed by atoms with Gasteiger partial charge >= 0.3 is 0 Å². The van der Waals surface area contributed by atoms with E-state index in [0.717, 1.165) is 18.1 Å². The van der Waals surface area contributed by atoms with Gasteiger partial charge in [0.2, 0.25) is 0 Å². The van der Waals surface area contributed by atoms with Crippen molar-refractivity contribution in [3.8, 4) is 0 Å². The predicted molar refractivity (Wildman–Crippen MR) is 74.4 cm³/mol. The van der Waals surface area contributed by atoms with E-state index >= 15 is 0 Å². The van der Waals surface area contributed by atoms with Crippen LogP contribution in [0, 0.1) is 0 Å². The molecule has 2 unspecified atom stereocenters. The van der Waals surface area contributed by atoms with Crippen molar-refractivity contribution >= 4 is 0 Å². The van der Waals surface area contributed by atoms with Gasteiger partial charge in [0.25, 0.3) is 0 Å². The molecule has 100 valence electrons. The van der Waals surface area contributed by atoms with Crippen molar-refractivity contribution < 1.29 is 0 Å². The zero-order valence-electron chi connectivity index (χ0n) is 11.8. The Kier molecular flexibility index (Phi) is 5.30. The Morgan fingerprint density at radius 3 is 2.29 bits per heavy atom. The topological polar surface area (TPSA) is 15.3 Å². The lowest BCUT2D eigenvalue weighted by atomic mass is 9.86. The van der Waals surface area contributed by atoms with Gasteiger partial charge in [-0.25, -0.2) is 0 Å². The molecule has 2 nitrogen and oxygen atoms in total. The molecule has 0 amide bonds. The summed E-state index contributed by atoms with van der Waals surface area (Å²) in [6, 6.07) is 2.52. The van der Waals surface area contributed by atoms with Crippen LogP contribution in [-0.2, 0) is 0 Å². The lowest BCUT2D eigenvalue weighted by molar-refractivity contribution is 0.0786. The highest BCUT2D eigenvalue weighted by Crippen LogP contribution is 2.29. The van der Waals surface area contributed by atoms with Gasteiger partial charge in [0.15, 0.2) is 0 Å². The van der Waals surface area contributed by atoms with Gasteiger partial charge in [-0.3, -0.25) is 4.90 Å². The first kappa shape index (κ1) is 13.4. The highest BCUT2D eigenvalue weighted by Gasteiger charge is 2.30. The van der Waals surface area contributed by atoms with Crippen molar-refractivity contribution in [2.45, 2.75) is 82.8 Å². The van der Waals surface area contributed by atoms with Gasteiger partial charge in [0, 0.05) is 18.1 Å². The molecule has 2 aliphatic carbocycles. The van der Waals surface area contributed by atoms with Crippen molar-refractivity contribution in [3.63, 3.8) is 0 Å². The minimum atomic E-state index is 0.770. The van der Waals surface area contributed by atoms with Crippen molar-refractivity contribution in [2.24, 2.45) is 0 Å². The molecule has 2 atom stereocenters. The minimum absolute atomic E-state index is 0.770. The van der Waals surface area contributed by atoms with Crippen LogP contribution >= 0.6 is 0 Å². The fraction of sp³-hybridized carbons (Fsp3) is 1.00. The average molecular weight is 238 g/mol. The van der Waals surface area contributed by atoms with Gasteiger partial charge in [-0.05, 0) is 45.7 Å². The van der Waals surface area contributed by atoms with E-state index in [2.05, 4.69) is 24.2 Å². The Bertz CT molecular complexity index is 211. The average Bonchev–Trinajstić information content (AvgIpc) is 2.41. The quantitative estimate of drug-likeness (QED) is 0.809. The molecule has 2 fully saturated rings. The first-order valence-corrected chi connectivity index (χ1v) is 7.78. The summed E-state index contributed by atoms with van der Waals surface area (Å²) in [5.41, 5.74) is 0. The fourth-order valence-electron chi connectivity index (χ4n) is 3.95. The van der Waals surface area contributed by atoms with Gasteiger partial charge in [-0.15, -0.1) is 0 Å². The first-order valence-electron chi connectivity index (χ1n) is 7.78. The molecular weight excluding hydrogens is 208 g/mol. The molecule has 0 aliphatic heterocycles. The van der Waals surface area contributed by atoms with Crippen molar-refractivity contribution in [2.75, 3.05) is 13.6 Å². The summed E-state index contributed by atoms with van der Waals surface area (Å²) in [6.45, 7) is 3.61. The number of hydrogen-bond donors (Lipinski definition) is 1. The summed E-state index contributed by atoms with van der Waals surface area (Å²) < 4.78 is 0. The lowest BCUT2D eigenvalue weighted by Crippen LogP contribution is -2.48. The number of nitrogens with zero attached hydrogens (tertiary/aromatic N) is 1. The molecule has 17 heavy (non-hydrogen) atoms. The van der Waals surface area contributed by atoms with Crippen LogP contribution in [0.3, 0.4) is 0 Å². The molecule has 2 heteroatoms. The van der Waals surface area contributed by atoms with Crippen LogP contribution in [0.1, 0.15) is 64.7 Å². The van der Waals surface area contributed by atoms with Gasteiger partial charge in [-0.2, -0.15) is 0 Å². The maximum Gasteiger partial charge on any atom is 0.0113 e. The number of nitrogens with one attached hydrogen (secondary N) is 1. The smallest absolute Gasteiger partial charge is 0.0113 e. The molecule has 2 aliphatic rings. The Labute approximate surface area is 107 Å². The minimum Gasteiger partial charge on any atom is -0.317 e. The van der Waals surface area contributed by atoms with E-state index in [1.807, 2.05) is 0 Å². The molecule has 2 saturated carbocycles. The van der Waals surface area contributed by atoms with E-state index in [-0.39, 0.29) is 0 Å². The predicted octanol–water partition coefficient (Wildman–Crippen LogP) is 3.17. The molecule has 0 radical (unpaired) electrons.